The molecule has 2 heterocycles. The van der Waals surface area contributed by atoms with Crippen LogP contribution >= 0.6 is 12.4 Å². The van der Waals surface area contributed by atoms with Crippen LogP contribution in [0.5, 0.6) is 0 Å². The summed E-state index contributed by atoms with van der Waals surface area (Å²) in [5, 5.41) is 11.0. The zero-order valence-corrected chi connectivity index (χ0v) is 14.3. The second kappa shape index (κ2) is 7.62. The molecular weight excluding hydrogens is 312 g/mol. The molecule has 1 saturated heterocycles. The van der Waals surface area contributed by atoms with Gasteiger partial charge in [0.15, 0.2) is 0 Å². The van der Waals surface area contributed by atoms with Gasteiger partial charge in [-0.25, -0.2) is 4.68 Å². The van der Waals surface area contributed by atoms with Crippen molar-refractivity contribution < 1.29 is 4.79 Å². The minimum Gasteiger partial charge on any atom is -0.348 e. The van der Waals surface area contributed by atoms with E-state index in [1.54, 1.807) is 0 Å². The maximum atomic E-state index is 12.6. The molecule has 1 atom stereocenters. The van der Waals surface area contributed by atoms with Gasteiger partial charge in [0, 0.05) is 12.6 Å². The number of aromatic nitrogens is 2. The molecule has 2 aromatic rings. The number of aryl methyl sites for hydroxylation is 1. The van der Waals surface area contributed by atoms with Gasteiger partial charge in [0.25, 0.3) is 5.91 Å². The summed E-state index contributed by atoms with van der Waals surface area (Å²) in [6.45, 7) is 5.72. The minimum atomic E-state index is -0.0223. The van der Waals surface area contributed by atoms with Gasteiger partial charge in [0.05, 0.1) is 22.6 Å². The average molecular weight is 335 g/mol. The van der Waals surface area contributed by atoms with Gasteiger partial charge in [-0.05, 0) is 45.4 Å². The zero-order valence-electron chi connectivity index (χ0n) is 13.5. The maximum Gasteiger partial charge on any atom is 0.255 e. The molecule has 5 nitrogen and oxygen atoms in total. The Hall–Kier alpha value is -1.85. The van der Waals surface area contributed by atoms with Gasteiger partial charge in [-0.2, -0.15) is 5.10 Å². The second-order valence-corrected chi connectivity index (χ2v) is 5.81. The molecule has 0 unspecified atom stereocenters. The van der Waals surface area contributed by atoms with Crippen LogP contribution < -0.4 is 10.6 Å². The van der Waals surface area contributed by atoms with Crippen molar-refractivity contribution in [2.24, 2.45) is 0 Å². The van der Waals surface area contributed by atoms with E-state index >= 15 is 0 Å². The highest BCUT2D eigenvalue weighted by Crippen LogP contribution is 2.18. The van der Waals surface area contributed by atoms with Crippen molar-refractivity contribution in [3.05, 3.63) is 47.3 Å². The molecule has 1 aliphatic heterocycles. The second-order valence-electron chi connectivity index (χ2n) is 5.81. The number of hydrogen-bond donors (Lipinski definition) is 2. The van der Waals surface area contributed by atoms with Crippen LogP contribution in [0.15, 0.2) is 30.3 Å². The van der Waals surface area contributed by atoms with Gasteiger partial charge in [-0.3, -0.25) is 4.79 Å². The molecule has 1 aromatic heterocycles. The van der Waals surface area contributed by atoms with E-state index in [4.69, 9.17) is 0 Å². The van der Waals surface area contributed by atoms with Crippen molar-refractivity contribution in [1.29, 1.82) is 0 Å². The van der Waals surface area contributed by atoms with Crippen molar-refractivity contribution in [3.8, 4) is 5.69 Å². The highest BCUT2D eigenvalue weighted by molar-refractivity contribution is 5.96. The first-order valence-electron chi connectivity index (χ1n) is 7.80. The number of carbonyl (C=O) groups excluding carboxylic acids is 1. The maximum absolute atomic E-state index is 12.6. The van der Waals surface area contributed by atoms with Crippen molar-refractivity contribution in [2.75, 3.05) is 13.1 Å². The summed E-state index contributed by atoms with van der Waals surface area (Å²) in [5.41, 5.74) is 3.31. The van der Waals surface area contributed by atoms with Gasteiger partial charge in [0.2, 0.25) is 0 Å². The Morgan fingerprint density at radius 3 is 2.70 bits per heavy atom. The number of piperidine rings is 1. The number of halogens is 1. The Morgan fingerprint density at radius 1 is 1.30 bits per heavy atom. The van der Waals surface area contributed by atoms with Crippen molar-refractivity contribution in [3.63, 3.8) is 0 Å². The van der Waals surface area contributed by atoms with E-state index in [9.17, 15) is 4.79 Å². The summed E-state index contributed by atoms with van der Waals surface area (Å²) in [7, 11) is 0. The number of para-hydroxylation sites is 1. The fourth-order valence-electron chi connectivity index (χ4n) is 3.02. The summed E-state index contributed by atoms with van der Waals surface area (Å²) in [6, 6.07) is 10.1. The fourth-order valence-corrected chi connectivity index (χ4v) is 3.02. The Balaban J connectivity index is 0.00000192. The van der Waals surface area contributed by atoms with Crippen LogP contribution in [0.1, 0.15) is 34.6 Å². The molecule has 0 saturated carbocycles. The minimum absolute atomic E-state index is 0. The molecule has 6 heteroatoms. The van der Waals surface area contributed by atoms with Crippen LogP contribution in [0.25, 0.3) is 5.69 Å². The molecule has 1 aromatic carbocycles. The molecule has 0 aliphatic carbocycles. The highest BCUT2D eigenvalue weighted by atomic mass is 35.5. The third-order valence-corrected chi connectivity index (χ3v) is 4.15. The van der Waals surface area contributed by atoms with Crippen molar-refractivity contribution in [2.45, 2.75) is 32.7 Å². The Labute approximate surface area is 142 Å². The first-order valence-corrected chi connectivity index (χ1v) is 7.80. The average Bonchev–Trinajstić information content (AvgIpc) is 2.84. The monoisotopic (exact) mass is 334 g/mol. The van der Waals surface area contributed by atoms with E-state index in [-0.39, 0.29) is 24.4 Å². The first kappa shape index (κ1) is 17.5. The van der Waals surface area contributed by atoms with E-state index in [1.807, 2.05) is 48.9 Å². The zero-order chi connectivity index (χ0) is 15.5. The predicted molar refractivity (Wildman–Crippen MR) is 93.6 cm³/mol. The SMILES string of the molecule is Cc1nn(-c2ccccc2)c(C)c1C(=O)N[C@H]1CCCNC1.Cl. The van der Waals surface area contributed by atoms with E-state index in [0.29, 0.717) is 5.56 Å². The van der Waals surface area contributed by atoms with Crippen LogP contribution in [0.3, 0.4) is 0 Å². The lowest BCUT2D eigenvalue weighted by atomic mass is 10.1. The summed E-state index contributed by atoms with van der Waals surface area (Å²) in [5.74, 6) is -0.0223. The Kier molecular flexibility index (Phi) is 5.80. The van der Waals surface area contributed by atoms with Gasteiger partial charge in [0.1, 0.15) is 0 Å². The summed E-state index contributed by atoms with van der Waals surface area (Å²) < 4.78 is 1.84. The Bertz CT molecular complexity index is 663. The molecule has 1 fully saturated rings. The molecular formula is C17H23ClN4O. The molecule has 0 bridgehead atoms. The molecule has 3 rings (SSSR count). The quantitative estimate of drug-likeness (QED) is 0.906. The smallest absolute Gasteiger partial charge is 0.255 e. The van der Waals surface area contributed by atoms with Crippen LogP contribution in [-0.4, -0.2) is 34.8 Å². The fraction of sp³-hybridized carbons (Fsp3) is 0.412. The molecule has 1 aliphatic rings. The lowest BCUT2D eigenvalue weighted by molar-refractivity contribution is 0.0929. The van der Waals surface area contributed by atoms with Crippen LogP contribution in [0.2, 0.25) is 0 Å². The summed E-state index contributed by atoms with van der Waals surface area (Å²) in [4.78, 5) is 12.6. The van der Waals surface area contributed by atoms with Crippen LogP contribution in [-0.2, 0) is 0 Å². The van der Waals surface area contributed by atoms with E-state index in [2.05, 4.69) is 15.7 Å². The summed E-state index contributed by atoms with van der Waals surface area (Å²) in [6.07, 6.45) is 2.13. The number of nitrogens with zero attached hydrogens (tertiary/aromatic N) is 2. The standard InChI is InChI=1S/C17H22N4O.ClH/c1-12-16(17(22)19-14-7-6-10-18-11-14)13(2)21(20-12)15-8-4-3-5-9-15;/h3-5,8-9,14,18H,6-7,10-11H2,1-2H3,(H,19,22);1H/t14-;/m0./s1. The molecule has 124 valence electrons. The molecule has 23 heavy (non-hydrogen) atoms. The van der Waals surface area contributed by atoms with E-state index < -0.39 is 0 Å². The first-order chi connectivity index (χ1) is 10.7. The number of benzene rings is 1. The molecule has 1 amide bonds. The third kappa shape index (κ3) is 3.74. The molecule has 0 radical (unpaired) electrons. The normalized spacial score (nSPS) is 17.4. The van der Waals surface area contributed by atoms with E-state index in [1.165, 1.54) is 0 Å². The van der Waals surface area contributed by atoms with Gasteiger partial charge in [-0.15, -0.1) is 12.4 Å². The van der Waals surface area contributed by atoms with Gasteiger partial charge in [-0.1, -0.05) is 18.2 Å². The summed E-state index contributed by atoms with van der Waals surface area (Å²) >= 11 is 0. The number of hydrogen-bond acceptors (Lipinski definition) is 3. The lowest BCUT2D eigenvalue weighted by Gasteiger charge is -2.23. The predicted octanol–water partition coefficient (Wildman–Crippen LogP) is 2.39. The Morgan fingerprint density at radius 2 is 2.04 bits per heavy atom. The van der Waals surface area contributed by atoms with Crippen LogP contribution in [0, 0.1) is 13.8 Å². The number of amides is 1. The van der Waals surface area contributed by atoms with Gasteiger partial charge >= 0.3 is 0 Å². The highest BCUT2D eigenvalue weighted by Gasteiger charge is 2.22. The lowest BCUT2D eigenvalue weighted by Crippen LogP contribution is -2.45. The number of rotatable bonds is 3. The topological polar surface area (TPSA) is 59.0 Å². The molecule has 0 spiro atoms. The van der Waals surface area contributed by atoms with Crippen molar-refractivity contribution in [1.82, 2.24) is 20.4 Å². The van der Waals surface area contributed by atoms with Crippen LogP contribution in [0.4, 0.5) is 0 Å². The number of nitrogens with one attached hydrogen (secondary N) is 2. The largest absolute Gasteiger partial charge is 0.348 e. The van der Waals surface area contributed by atoms with E-state index in [0.717, 1.165) is 43.0 Å². The third-order valence-electron chi connectivity index (χ3n) is 4.15. The van der Waals surface area contributed by atoms with Gasteiger partial charge < -0.3 is 10.6 Å². The van der Waals surface area contributed by atoms with Crippen molar-refractivity contribution >= 4 is 18.3 Å². The molecule has 2 N–H and O–H groups in total. The number of carbonyl (C=O) groups is 1.